The molecule has 0 unspecified atom stereocenters. The standard InChI is InChI=1S/C20H22FN3O4/c1-14(25)15-3-5-18(19(12-15)24(26)27)23-9-7-22(8-10-23)13-16-11-17(21)4-6-20(16)28-2/h3-6,11-12H,7-10,13H2,1-2H3/p+1. The number of hydrogen-bond donors (Lipinski definition) is 1. The van der Waals surface area contributed by atoms with E-state index in [-0.39, 0.29) is 17.3 Å². The van der Waals surface area contributed by atoms with Gasteiger partial charge in [-0.05, 0) is 37.3 Å². The van der Waals surface area contributed by atoms with Gasteiger partial charge >= 0.3 is 0 Å². The summed E-state index contributed by atoms with van der Waals surface area (Å²) >= 11 is 0. The van der Waals surface area contributed by atoms with Gasteiger partial charge in [0, 0.05) is 11.6 Å². The third-order valence-electron chi connectivity index (χ3n) is 5.07. The van der Waals surface area contributed by atoms with E-state index in [0.29, 0.717) is 36.6 Å². The highest BCUT2D eigenvalue weighted by Crippen LogP contribution is 2.29. The zero-order chi connectivity index (χ0) is 20.3. The molecule has 0 aromatic heterocycles. The molecule has 0 bridgehead atoms. The number of Topliss-reactive ketones (excluding diaryl/α,β-unsaturated/α-hetero) is 1. The lowest BCUT2D eigenvalue weighted by Crippen LogP contribution is -3.13. The summed E-state index contributed by atoms with van der Waals surface area (Å²) in [5.74, 6) is 0.162. The van der Waals surface area contributed by atoms with Crippen LogP contribution in [-0.4, -0.2) is 44.0 Å². The normalized spacial score (nSPS) is 14.8. The number of anilines is 1. The van der Waals surface area contributed by atoms with Gasteiger partial charge in [-0.25, -0.2) is 4.39 Å². The van der Waals surface area contributed by atoms with Gasteiger partial charge in [0.25, 0.3) is 5.69 Å². The summed E-state index contributed by atoms with van der Waals surface area (Å²) in [6.07, 6.45) is 0. The van der Waals surface area contributed by atoms with Gasteiger partial charge in [0.15, 0.2) is 5.78 Å². The maximum Gasteiger partial charge on any atom is 0.293 e. The number of nitro benzene ring substituents is 1. The van der Waals surface area contributed by atoms with Crippen molar-refractivity contribution in [2.45, 2.75) is 13.5 Å². The van der Waals surface area contributed by atoms with E-state index in [0.717, 1.165) is 18.7 Å². The van der Waals surface area contributed by atoms with Crippen molar-refractivity contribution in [1.29, 1.82) is 0 Å². The Morgan fingerprint density at radius 1 is 1.25 bits per heavy atom. The molecular weight excluding hydrogens is 365 g/mol. The third kappa shape index (κ3) is 4.28. The summed E-state index contributed by atoms with van der Waals surface area (Å²) in [5.41, 5.74) is 1.61. The van der Waals surface area contributed by atoms with Crippen LogP contribution in [0.3, 0.4) is 0 Å². The number of methoxy groups -OCH3 is 1. The molecule has 28 heavy (non-hydrogen) atoms. The predicted octanol–water partition coefficient (Wildman–Crippen LogP) is 1.85. The van der Waals surface area contributed by atoms with Crippen molar-refractivity contribution in [2.24, 2.45) is 0 Å². The van der Waals surface area contributed by atoms with Gasteiger partial charge in [-0.15, -0.1) is 0 Å². The van der Waals surface area contributed by atoms with Crippen LogP contribution in [0.2, 0.25) is 0 Å². The predicted molar refractivity (Wildman–Crippen MR) is 103 cm³/mol. The average Bonchev–Trinajstić information content (AvgIpc) is 2.68. The van der Waals surface area contributed by atoms with Crippen LogP contribution in [0.1, 0.15) is 22.8 Å². The molecule has 8 heteroatoms. The highest BCUT2D eigenvalue weighted by atomic mass is 19.1. The molecule has 0 atom stereocenters. The number of ether oxygens (including phenoxy) is 1. The zero-order valence-corrected chi connectivity index (χ0v) is 15.9. The average molecular weight is 388 g/mol. The first kappa shape index (κ1) is 19.8. The van der Waals surface area contributed by atoms with Gasteiger partial charge in [-0.1, -0.05) is 0 Å². The molecule has 7 nitrogen and oxygen atoms in total. The number of nitro groups is 1. The second kappa shape index (κ2) is 8.35. The Bertz CT molecular complexity index is 895. The SMILES string of the molecule is COc1ccc(F)cc1C[NH+]1CCN(c2ccc(C(C)=O)cc2[N+](=O)[O-])CC1. The molecule has 0 radical (unpaired) electrons. The van der Waals surface area contributed by atoms with E-state index in [1.54, 1.807) is 25.3 Å². The van der Waals surface area contributed by atoms with E-state index in [9.17, 15) is 19.3 Å². The molecule has 148 valence electrons. The maximum atomic E-state index is 13.6. The van der Waals surface area contributed by atoms with Crippen molar-refractivity contribution in [1.82, 2.24) is 0 Å². The first-order chi connectivity index (χ1) is 13.4. The van der Waals surface area contributed by atoms with Crippen LogP contribution in [0.25, 0.3) is 0 Å². The molecule has 2 aromatic rings. The number of hydrogen-bond acceptors (Lipinski definition) is 5. The van der Waals surface area contributed by atoms with Crippen LogP contribution in [-0.2, 0) is 6.54 Å². The summed E-state index contributed by atoms with van der Waals surface area (Å²) in [6.45, 7) is 4.79. The number of halogens is 1. The van der Waals surface area contributed by atoms with Gasteiger partial charge < -0.3 is 14.5 Å². The van der Waals surface area contributed by atoms with E-state index < -0.39 is 4.92 Å². The second-order valence-corrected chi connectivity index (χ2v) is 6.89. The lowest BCUT2D eigenvalue weighted by atomic mass is 10.1. The Morgan fingerprint density at radius 3 is 2.57 bits per heavy atom. The molecule has 1 heterocycles. The van der Waals surface area contributed by atoms with Gasteiger partial charge in [-0.2, -0.15) is 0 Å². The first-order valence-corrected chi connectivity index (χ1v) is 9.09. The van der Waals surface area contributed by atoms with E-state index in [4.69, 9.17) is 4.74 Å². The maximum absolute atomic E-state index is 13.6. The van der Waals surface area contributed by atoms with E-state index in [2.05, 4.69) is 0 Å². The summed E-state index contributed by atoms with van der Waals surface area (Å²) in [5, 5.41) is 11.5. The number of quaternary nitrogens is 1. The van der Waals surface area contributed by atoms with Crippen molar-refractivity contribution < 1.29 is 23.7 Å². The Kier molecular flexibility index (Phi) is 5.89. The summed E-state index contributed by atoms with van der Waals surface area (Å²) in [7, 11) is 1.56. The van der Waals surface area contributed by atoms with Crippen LogP contribution in [0.15, 0.2) is 36.4 Å². The van der Waals surface area contributed by atoms with Crippen molar-refractivity contribution in [3.63, 3.8) is 0 Å². The fourth-order valence-corrected chi connectivity index (χ4v) is 3.55. The molecule has 1 fully saturated rings. The minimum atomic E-state index is -0.446. The monoisotopic (exact) mass is 388 g/mol. The van der Waals surface area contributed by atoms with E-state index >= 15 is 0 Å². The van der Waals surface area contributed by atoms with Crippen molar-refractivity contribution in [2.75, 3.05) is 38.2 Å². The Hall–Kier alpha value is -3.00. The Morgan fingerprint density at radius 2 is 1.96 bits per heavy atom. The van der Waals surface area contributed by atoms with Gasteiger partial charge in [-0.3, -0.25) is 14.9 Å². The molecule has 0 aliphatic carbocycles. The molecule has 0 spiro atoms. The van der Waals surface area contributed by atoms with Gasteiger partial charge in [0.1, 0.15) is 23.8 Å². The number of piperazine rings is 1. The molecule has 1 aliphatic heterocycles. The van der Waals surface area contributed by atoms with Crippen LogP contribution in [0, 0.1) is 15.9 Å². The van der Waals surface area contributed by atoms with Crippen molar-refractivity contribution >= 4 is 17.2 Å². The molecule has 1 N–H and O–H groups in total. The van der Waals surface area contributed by atoms with Crippen LogP contribution in [0.4, 0.5) is 15.8 Å². The van der Waals surface area contributed by atoms with Gasteiger partial charge in [0.2, 0.25) is 0 Å². The van der Waals surface area contributed by atoms with Gasteiger partial charge in [0.05, 0.1) is 43.8 Å². The molecule has 1 aliphatic rings. The molecule has 2 aromatic carbocycles. The molecule has 1 saturated heterocycles. The van der Waals surface area contributed by atoms with Crippen LogP contribution >= 0.6 is 0 Å². The van der Waals surface area contributed by atoms with Crippen LogP contribution in [0.5, 0.6) is 5.75 Å². The largest absolute Gasteiger partial charge is 0.496 e. The summed E-state index contributed by atoms with van der Waals surface area (Å²) in [6, 6.07) is 9.11. The topological polar surface area (TPSA) is 77.1 Å². The van der Waals surface area contributed by atoms with Crippen molar-refractivity contribution in [3.05, 3.63) is 63.5 Å². The second-order valence-electron chi connectivity index (χ2n) is 6.89. The molecular formula is C20H23FN3O4+. The number of benzene rings is 2. The smallest absolute Gasteiger partial charge is 0.293 e. The summed E-state index contributed by atoms with van der Waals surface area (Å²) < 4.78 is 18.9. The highest BCUT2D eigenvalue weighted by Gasteiger charge is 2.27. The minimum Gasteiger partial charge on any atom is -0.496 e. The summed E-state index contributed by atoms with van der Waals surface area (Å²) in [4.78, 5) is 25.8. The number of carbonyl (C=O) groups excluding carboxylic acids is 1. The Balaban J connectivity index is 1.71. The number of nitrogens with one attached hydrogen (secondary N) is 1. The highest BCUT2D eigenvalue weighted by molar-refractivity contribution is 5.95. The van der Waals surface area contributed by atoms with E-state index in [1.165, 1.54) is 30.0 Å². The van der Waals surface area contributed by atoms with Crippen LogP contribution < -0.4 is 14.5 Å². The zero-order valence-electron chi connectivity index (χ0n) is 15.9. The lowest BCUT2D eigenvalue weighted by Gasteiger charge is -2.33. The first-order valence-electron chi connectivity index (χ1n) is 9.09. The quantitative estimate of drug-likeness (QED) is 0.464. The number of nitrogens with zero attached hydrogens (tertiary/aromatic N) is 2. The molecule has 3 rings (SSSR count). The number of ketones is 1. The number of carbonyl (C=O) groups is 1. The fraction of sp³-hybridized carbons (Fsp3) is 0.350. The Labute approximate surface area is 162 Å². The lowest BCUT2D eigenvalue weighted by molar-refractivity contribution is -0.914. The molecule has 0 saturated carbocycles. The molecule has 0 amide bonds. The number of rotatable bonds is 6. The fourth-order valence-electron chi connectivity index (χ4n) is 3.55. The van der Waals surface area contributed by atoms with E-state index in [1.807, 2.05) is 4.90 Å². The minimum absolute atomic E-state index is 0.0528. The third-order valence-corrected chi connectivity index (χ3v) is 5.07. The van der Waals surface area contributed by atoms with Crippen molar-refractivity contribution in [3.8, 4) is 5.75 Å².